The second-order valence-electron chi connectivity index (χ2n) is 7.50. The first-order valence-corrected chi connectivity index (χ1v) is 10.1. The number of hydrogen-bond acceptors (Lipinski definition) is 7. The fourth-order valence-corrected chi connectivity index (χ4v) is 3.53. The standard InChI is InChI=1S/C22H26N6O3/c1-26(2)22-23-13-18(16-6-4-7-17(12-16)30-3)21(25-22)19-14-27(10-11-31-19)20(29)15-28-9-5-8-24-28/h4-9,12-13,19H,10-11,14-15H2,1-3H3/t19-/m1/s1. The zero-order valence-corrected chi connectivity index (χ0v) is 17.9. The maximum Gasteiger partial charge on any atom is 0.244 e. The molecule has 0 aliphatic carbocycles. The molecule has 31 heavy (non-hydrogen) atoms. The first-order chi connectivity index (χ1) is 15.0. The monoisotopic (exact) mass is 422 g/mol. The van der Waals surface area contributed by atoms with E-state index in [1.807, 2.05) is 48.2 Å². The molecule has 4 rings (SSSR count). The zero-order valence-electron chi connectivity index (χ0n) is 17.9. The summed E-state index contributed by atoms with van der Waals surface area (Å²) < 4.78 is 13.1. The van der Waals surface area contributed by atoms with Crippen molar-refractivity contribution in [2.75, 3.05) is 45.8 Å². The predicted octanol–water partition coefficient (Wildman–Crippen LogP) is 2.01. The molecule has 0 bridgehead atoms. The Morgan fingerprint density at radius 3 is 2.94 bits per heavy atom. The Hall–Kier alpha value is -3.46. The summed E-state index contributed by atoms with van der Waals surface area (Å²) in [6.07, 6.45) is 4.89. The summed E-state index contributed by atoms with van der Waals surface area (Å²) in [4.78, 5) is 25.8. The highest BCUT2D eigenvalue weighted by molar-refractivity contribution is 5.76. The van der Waals surface area contributed by atoms with E-state index in [2.05, 4.69) is 10.1 Å². The van der Waals surface area contributed by atoms with Gasteiger partial charge >= 0.3 is 0 Å². The fraction of sp³-hybridized carbons (Fsp3) is 0.364. The van der Waals surface area contributed by atoms with Gasteiger partial charge in [0.2, 0.25) is 11.9 Å². The van der Waals surface area contributed by atoms with Crippen LogP contribution in [0.1, 0.15) is 11.8 Å². The maximum absolute atomic E-state index is 12.8. The molecule has 1 aliphatic heterocycles. The molecule has 9 nitrogen and oxygen atoms in total. The third kappa shape index (κ3) is 4.66. The quantitative estimate of drug-likeness (QED) is 0.601. The van der Waals surface area contributed by atoms with E-state index in [-0.39, 0.29) is 18.6 Å². The van der Waals surface area contributed by atoms with Crippen molar-refractivity contribution in [3.8, 4) is 16.9 Å². The molecule has 9 heteroatoms. The number of morpholine rings is 1. The number of carbonyl (C=O) groups is 1. The first-order valence-electron chi connectivity index (χ1n) is 10.1. The van der Waals surface area contributed by atoms with Crippen molar-refractivity contribution < 1.29 is 14.3 Å². The molecule has 0 unspecified atom stereocenters. The molecule has 1 atom stereocenters. The van der Waals surface area contributed by atoms with E-state index in [1.54, 1.807) is 36.4 Å². The van der Waals surface area contributed by atoms with E-state index in [4.69, 9.17) is 14.5 Å². The lowest BCUT2D eigenvalue weighted by Crippen LogP contribution is -2.44. The second-order valence-corrected chi connectivity index (χ2v) is 7.50. The number of hydrogen-bond donors (Lipinski definition) is 0. The molecule has 0 N–H and O–H groups in total. The van der Waals surface area contributed by atoms with Gasteiger partial charge in [-0.25, -0.2) is 9.97 Å². The fourth-order valence-electron chi connectivity index (χ4n) is 3.53. The number of aromatic nitrogens is 4. The molecule has 3 heterocycles. The van der Waals surface area contributed by atoms with Gasteiger partial charge in [0.15, 0.2) is 0 Å². The van der Waals surface area contributed by atoms with Gasteiger partial charge < -0.3 is 19.3 Å². The van der Waals surface area contributed by atoms with Gasteiger partial charge in [-0.05, 0) is 23.8 Å². The predicted molar refractivity (Wildman–Crippen MR) is 116 cm³/mol. The Kier molecular flexibility index (Phi) is 6.13. The van der Waals surface area contributed by atoms with Crippen LogP contribution >= 0.6 is 0 Å². The SMILES string of the molecule is COc1cccc(-c2cnc(N(C)C)nc2[C@H]2CN(C(=O)Cn3cccn3)CCO2)c1. The molecule has 1 aliphatic rings. The topological polar surface area (TPSA) is 85.6 Å². The van der Waals surface area contributed by atoms with Crippen LogP contribution in [0.4, 0.5) is 5.95 Å². The van der Waals surface area contributed by atoms with Gasteiger partial charge in [-0.15, -0.1) is 0 Å². The highest BCUT2D eigenvalue weighted by atomic mass is 16.5. The summed E-state index contributed by atoms with van der Waals surface area (Å²) in [5.74, 6) is 1.34. The average Bonchev–Trinajstić information content (AvgIpc) is 3.31. The Morgan fingerprint density at radius 2 is 2.19 bits per heavy atom. The first kappa shape index (κ1) is 20.8. The van der Waals surface area contributed by atoms with Crippen molar-refractivity contribution in [2.24, 2.45) is 0 Å². The van der Waals surface area contributed by atoms with E-state index >= 15 is 0 Å². The third-order valence-corrected chi connectivity index (χ3v) is 5.17. The van der Waals surface area contributed by atoms with E-state index in [0.717, 1.165) is 22.6 Å². The van der Waals surface area contributed by atoms with Gasteiger partial charge in [0.25, 0.3) is 0 Å². The summed E-state index contributed by atoms with van der Waals surface area (Å²) in [7, 11) is 5.43. The maximum atomic E-state index is 12.8. The van der Waals surface area contributed by atoms with Crippen LogP contribution in [-0.2, 0) is 16.1 Å². The Morgan fingerprint density at radius 1 is 1.32 bits per heavy atom. The van der Waals surface area contributed by atoms with Gasteiger partial charge in [0.05, 0.1) is 26.0 Å². The smallest absolute Gasteiger partial charge is 0.244 e. The molecular weight excluding hydrogens is 396 g/mol. The van der Waals surface area contributed by atoms with Crippen LogP contribution < -0.4 is 9.64 Å². The molecule has 1 aromatic carbocycles. The van der Waals surface area contributed by atoms with Crippen LogP contribution in [0.2, 0.25) is 0 Å². The summed E-state index contributed by atoms with van der Waals surface area (Å²) in [6, 6.07) is 9.56. The third-order valence-electron chi connectivity index (χ3n) is 5.17. The van der Waals surface area contributed by atoms with Crippen LogP contribution in [0.25, 0.3) is 11.1 Å². The summed E-state index contributed by atoms with van der Waals surface area (Å²) >= 11 is 0. The van der Waals surface area contributed by atoms with Crippen LogP contribution in [0.3, 0.4) is 0 Å². The van der Waals surface area contributed by atoms with Crippen molar-refractivity contribution in [3.63, 3.8) is 0 Å². The van der Waals surface area contributed by atoms with E-state index < -0.39 is 0 Å². The molecule has 3 aromatic rings. The molecule has 0 saturated carbocycles. The number of amides is 1. The van der Waals surface area contributed by atoms with Crippen molar-refractivity contribution in [1.29, 1.82) is 0 Å². The Labute approximate surface area is 181 Å². The minimum atomic E-state index is -0.363. The average molecular weight is 422 g/mol. The number of ether oxygens (including phenoxy) is 2. The lowest BCUT2D eigenvalue weighted by molar-refractivity contribution is -0.140. The lowest BCUT2D eigenvalue weighted by Gasteiger charge is -2.33. The molecule has 1 saturated heterocycles. The van der Waals surface area contributed by atoms with Crippen LogP contribution in [0, 0.1) is 0 Å². The summed E-state index contributed by atoms with van der Waals surface area (Å²) in [6.45, 7) is 1.60. The molecule has 0 spiro atoms. The van der Waals surface area contributed by atoms with Gasteiger partial charge in [-0.1, -0.05) is 12.1 Å². The number of nitrogens with zero attached hydrogens (tertiary/aromatic N) is 6. The summed E-state index contributed by atoms with van der Waals surface area (Å²) in [5.41, 5.74) is 2.54. The second kappa shape index (κ2) is 9.13. The van der Waals surface area contributed by atoms with Crippen molar-refractivity contribution in [1.82, 2.24) is 24.6 Å². The molecule has 162 valence electrons. The number of anilines is 1. The molecule has 1 fully saturated rings. The minimum absolute atomic E-state index is 0.00168. The van der Waals surface area contributed by atoms with Gasteiger partial charge in [-0.3, -0.25) is 9.48 Å². The minimum Gasteiger partial charge on any atom is -0.497 e. The Balaban J connectivity index is 1.64. The largest absolute Gasteiger partial charge is 0.497 e. The molecule has 2 aromatic heterocycles. The number of carbonyl (C=O) groups excluding carboxylic acids is 1. The summed E-state index contributed by atoms with van der Waals surface area (Å²) in [5, 5.41) is 4.13. The lowest BCUT2D eigenvalue weighted by atomic mass is 10.0. The normalized spacial score (nSPS) is 16.2. The molecule has 1 amide bonds. The van der Waals surface area contributed by atoms with Crippen molar-refractivity contribution in [3.05, 3.63) is 54.6 Å². The van der Waals surface area contributed by atoms with Crippen molar-refractivity contribution in [2.45, 2.75) is 12.6 Å². The van der Waals surface area contributed by atoms with Crippen molar-refractivity contribution >= 4 is 11.9 Å². The highest BCUT2D eigenvalue weighted by Crippen LogP contribution is 2.33. The Bertz CT molecular complexity index is 1040. The van der Waals surface area contributed by atoms with Crippen LogP contribution in [-0.4, -0.2) is 71.5 Å². The van der Waals surface area contributed by atoms with E-state index in [9.17, 15) is 4.79 Å². The van der Waals surface area contributed by atoms with Crippen LogP contribution in [0.5, 0.6) is 5.75 Å². The molecular formula is C22H26N6O3. The van der Waals surface area contributed by atoms with Gasteiger partial charge in [0.1, 0.15) is 18.4 Å². The number of benzene rings is 1. The van der Waals surface area contributed by atoms with Gasteiger partial charge in [0, 0.05) is 44.8 Å². The van der Waals surface area contributed by atoms with Crippen LogP contribution in [0.15, 0.2) is 48.9 Å². The van der Waals surface area contributed by atoms with E-state index in [0.29, 0.717) is 25.6 Å². The number of methoxy groups -OCH3 is 1. The highest BCUT2D eigenvalue weighted by Gasteiger charge is 2.29. The zero-order chi connectivity index (χ0) is 21.8. The molecule has 0 radical (unpaired) electrons. The van der Waals surface area contributed by atoms with Gasteiger partial charge in [-0.2, -0.15) is 5.10 Å². The van der Waals surface area contributed by atoms with E-state index in [1.165, 1.54) is 0 Å². The number of rotatable bonds is 6.